The van der Waals surface area contributed by atoms with Gasteiger partial charge in [0.1, 0.15) is 12.4 Å². The standard InChI is InChI=1S/C25H27F4N5O2S/c1-33-10-7-18(8-11-33)32-22-12-17(26)13-23-21(22)14-20(34(23)16-25(27,28)29)4-3-9-30-19-5-6-24(31-15-19)37(2,35)36/h5-6,12-15,18,30,32H,7-11,16H2,1-2H3. The molecule has 4 rings (SSSR count). The van der Waals surface area contributed by atoms with Crippen LogP contribution in [0.1, 0.15) is 18.5 Å². The molecule has 0 atom stereocenters. The summed E-state index contributed by atoms with van der Waals surface area (Å²) in [5.41, 5.74) is 1.18. The van der Waals surface area contributed by atoms with Crippen LogP contribution < -0.4 is 10.6 Å². The van der Waals surface area contributed by atoms with Crippen LogP contribution in [0.15, 0.2) is 41.6 Å². The van der Waals surface area contributed by atoms with E-state index in [2.05, 4.69) is 32.4 Å². The van der Waals surface area contributed by atoms with Crippen LogP contribution in [-0.4, -0.2) is 68.0 Å². The molecule has 12 heteroatoms. The number of likely N-dealkylation sites (tertiary alicyclic amines) is 1. The number of sulfone groups is 1. The molecule has 0 amide bonds. The number of rotatable bonds is 6. The van der Waals surface area contributed by atoms with Crippen molar-refractivity contribution in [2.24, 2.45) is 0 Å². The van der Waals surface area contributed by atoms with Crippen molar-refractivity contribution in [2.75, 3.05) is 43.6 Å². The predicted octanol–water partition coefficient (Wildman–Crippen LogP) is 4.11. The maximum Gasteiger partial charge on any atom is 0.406 e. The highest BCUT2D eigenvalue weighted by Crippen LogP contribution is 2.32. The quantitative estimate of drug-likeness (QED) is 0.364. The van der Waals surface area contributed by atoms with Crippen LogP contribution in [0.3, 0.4) is 0 Å². The van der Waals surface area contributed by atoms with Crippen molar-refractivity contribution in [3.8, 4) is 11.8 Å². The molecule has 1 aromatic carbocycles. The molecule has 3 aromatic rings. The largest absolute Gasteiger partial charge is 0.406 e. The molecule has 0 unspecified atom stereocenters. The van der Waals surface area contributed by atoms with Crippen LogP contribution in [0.25, 0.3) is 10.9 Å². The average molecular weight is 538 g/mol. The topological polar surface area (TPSA) is 79.3 Å². The molecule has 1 fully saturated rings. The van der Waals surface area contributed by atoms with Gasteiger partial charge in [0, 0.05) is 23.4 Å². The molecule has 0 spiro atoms. The minimum Gasteiger partial charge on any atom is -0.382 e. The van der Waals surface area contributed by atoms with Crippen molar-refractivity contribution in [3.05, 3.63) is 48.0 Å². The van der Waals surface area contributed by atoms with Crippen LogP contribution in [0.4, 0.5) is 28.9 Å². The van der Waals surface area contributed by atoms with Gasteiger partial charge in [-0.1, -0.05) is 5.92 Å². The first-order valence-electron chi connectivity index (χ1n) is 11.6. The Hall–Kier alpha value is -3.30. The minimum absolute atomic E-state index is 0.0716. The number of pyridine rings is 1. The van der Waals surface area contributed by atoms with Crippen molar-refractivity contribution < 1.29 is 26.0 Å². The zero-order valence-electron chi connectivity index (χ0n) is 20.4. The number of benzene rings is 1. The second kappa shape index (κ2) is 10.6. The molecule has 0 aliphatic carbocycles. The van der Waals surface area contributed by atoms with Gasteiger partial charge in [-0.2, -0.15) is 13.2 Å². The Morgan fingerprint density at radius 1 is 1.16 bits per heavy atom. The Bertz CT molecular complexity index is 1430. The van der Waals surface area contributed by atoms with E-state index in [1.54, 1.807) is 6.07 Å². The molecule has 1 saturated heterocycles. The summed E-state index contributed by atoms with van der Waals surface area (Å²) in [5.74, 6) is 4.92. The number of piperidine rings is 1. The number of anilines is 2. The molecule has 0 saturated carbocycles. The number of nitrogens with zero attached hydrogens (tertiary/aromatic N) is 3. The van der Waals surface area contributed by atoms with Crippen molar-refractivity contribution >= 4 is 32.1 Å². The van der Waals surface area contributed by atoms with Crippen molar-refractivity contribution in [2.45, 2.75) is 36.6 Å². The molecule has 2 aromatic heterocycles. The fourth-order valence-electron chi connectivity index (χ4n) is 4.25. The first kappa shape index (κ1) is 26.8. The number of nitrogens with one attached hydrogen (secondary N) is 2. The number of aromatic nitrogens is 2. The van der Waals surface area contributed by atoms with Gasteiger partial charge in [-0.25, -0.2) is 17.8 Å². The van der Waals surface area contributed by atoms with E-state index in [-0.39, 0.29) is 28.8 Å². The normalized spacial score (nSPS) is 15.4. The maximum absolute atomic E-state index is 14.5. The molecule has 1 aliphatic heterocycles. The summed E-state index contributed by atoms with van der Waals surface area (Å²) >= 11 is 0. The summed E-state index contributed by atoms with van der Waals surface area (Å²) in [7, 11) is -1.40. The smallest absolute Gasteiger partial charge is 0.382 e. The SMILES string of the molecule is CN1CCC(Nc2cc(F)cc3c2cc(C#CCNc2ccc(S(C)(=O)=O)nc2)n3CC(F)(F)F)CC1. The van der Waals surface area contributed by atoms with Crippen molar-refractivity contribution in [1.82, 2.24) is 14.5 Å². The van der Waals surface area contributed by atoms with E-state index in [4.69, 9.17) is 0 Å². The molecule has 3 heterocycles. The van der Waals surface area contributed by atoms with Crippen molar-refractivity contribution in [1.29, 1.82) is 0 Å². The van der Waals surface area contributed by atoms with Gasteiger partial charge in [0.05, 0.1) is 29.6 Å². The van der Waals surface area contributed by atoms with Gasteiger partial charge < -0.3 is 20.1 Å². The molecule has 0 bridgehead atoms. The Morgan fingerprint density at radius 3 is 2.51 bits per heavy atom. The maximum atomic E-state index is 14.5. The summed E-state index contributed by atoms with van der Waals surface area (Å²) in [6, 6.07) is 6.92. The third-order valence-corrected chi connectivity index (χ3v) is 7.12. The number of hydrogen-bond acceptors (Lipinski definition) is 6. The fraction of sp³-hybridized carbons (Fsp3) is 0.400. The molecule has 2 N–H and O–H groups in total. The van der Waals surface area contributed by atoms with Crippen LogP contribution in [-0.2, 0) is 16.4 Å². The van der Waals surface area contributed by atoms with E-state index in [9.17, 15) is 26.0 Å². The van der Waals surface area contributed by atoms with E-state index in [1.165, 1.54) is 24.4 Å². The van der Waals surface area contributed by atoms with E-state index in [1.807, 2.05) is 7.05 Å². The van der Waals surface area contributed by atoms with Gasteiger partial charge in [0.15, 0.2) is 14.9 Å². The van der Waals surface area contributed by atoms with Gasteiger partial charge in [-0.15, -0.1) is 0 Å². The Morgan fingerprint density at radius 2 is 1.89 bits per heavy atom. The zero-order chi connectivity index (χ0) is 26.8. The highest BCUT2D eigenvalue weighted by atomic mass is 32.2. The molecule has 0 radical (unpaired) electrons. The van der Waals surface area contributed by atoms with E-state index in [0.29, 0.717) is 16.8 Å². The highest BCUT2D eigenvalue weighted by molar-refractivity contribution is 7.90. The zero-order valence-corrected chi connectivity index (χ0v) is 21.2. The first-order valence-corrected chi connectivity index (χ1v) is 13.5. The third kappa shape index (κ3) is 6.93. The highest BCUT2D eigenvalue weighted by Gasteiger charge is 2.30. The van der Waals surface area contributed by atoms with Crippen molar-refractivity contribution in [3.63, 3.8) is 0 Å². The lowest BCUT2D eigenvalue weighted by Gasteiger charge is -2.30. The van der Waals surface area contributed by atoms with Crippen LogP contribution in [0.2, 0.25) is 0 Å². The molecule has 7 nitrogen and oxygen atoms in total. The monoisotopic (exact) mass is 537 g/mol. The lowest BCUT2D eigenvalue weighted by atomic mass is 10.0. The van der Waals surface area contributed by atoms with E-state index >= 15 is 0 Å². The predicted molar refractivity (Wildman–Crippen MR) is 135 cm³/mol. The number of alkyl halides is 3. The van der Waals surface area contributed by atoms with E-state index in [0.717, 1.165) is 42.8 Å². The second-order valence-corrected chi connectivity index (χ2v) is 11.1. The Balaban J connectivity index is 1.60. The summed E-state index contributed by atoms with van der Waals surface area (Å²) in [5, 5.41) is 6.66. The lowest BCUT2D eigenvalue weighted by molar-refractivity contribution is -0.140. The fourth-order valence-corrected chi connectivity index (χ4v) is 4.81. The molecular formula is C25H27F4N5O2S. The molecule has 37 heavy (non-hydrogen) atoms. The van der Waals surface area contributed by atoms with Gasteiger partial charge in [0.25, 0.3) is 0 Å². The third-order valence-electron chi connectivity index (χ3n) is 6.11. The number of fused-ring (bicyclic) bond motifs is 1. The average Bonchev–Trinajstić information content (AvgIpc) is 3.14. The van der Waals surface area contributed by atoms with Crippen LogP contribution in [0, 0.1) is 17.7 Å². The van der Waals surface area contributed by atoms with Gasteiger partial charge in [0.2, 0.25) is 0 Å². The summed E-state index contributed by atoms with van der Waals surface area (Å²) < 4.78 is 78.8. The second-order valence-electron chi connectivity index (χ2n) is 9.15. The van der Waals surface area contributed by atoms with Gasteiger partial charge >= 0.3 is 6.18 Å². The molecular weight excluding hydrogens is 510 g/mol. The van der Waals surface area contributed by atoms with Crippen LogP contribution in [0.5, 0.6) is 0 Å². The summed E-state index contributed by atoms with van der Waals surface area (Å²) in [6.07, 6.45) is -0.454. The minimum atomic E-state index is -4.53. The Kier molecular flexibility index (Phi) is 7.66. The number of halogens is 4. The lowest BCUT2D eigenvalue weighted by Crippen LogP contribution is -2.36. The van der Waals surface area contributed by atoms with E-state index < -0.39 is 28.4 Å². The summed E-state index contributed by atoms with van der Waals surface area (Å²) in [4.78, 5) is 6.06. The summed E-state index contributed by atoms with van der Waals surface area (Å²) in [6.45, 7) is 0.521. The number of hydrogen-bond donors (Lipinski definition) is 2. The van der Waals surface area contributed by atoms with Crippen LogP contribution >= 0.6 is 0 Å². The van der Waals surface area contributed by atoms with Gasteiger partial charge in [-0.05, 0) is 69.2 Å². The molecule has 1 aliphatic rings. The first-order chi connectivity index (χ1) is 17.4. The molecule has 198 valence electrons. The van der Waals surface area contributed by atoms with Gasteiger partial charge in [-0.3, -0.25) is 0 Å². The Labute approximate surface area is 212 Å².